The molecule has 1 heterocycles. The third kappa shape index (κ3) is 4.44. The summed E-state index contributed by atoms with van der Waals surface area (Å²) >= 11 is 0. The summed E-state index contributed by atoms with van der Waals surface area (Å²) in [7, 11) is 4.03. The summed E-state index contributed by atoms with van der Waals surface area (Å²) in [6.45, 7) is 1.67. The molecular weight excluding hydrogens is 264 g/mol. The van der Waals surface area contributed by atoms with E-state index in [1.165, 1.54) is 0 Å². The van der Waals surface area contributed by atoms with Gasteiger partial charge in [-0.1, -0.05) is 12.1 Å². The molecule has 0 spiro atoms. The Labute approximate surface area is 124 Å². The summed E-state index contributed by atoms with van der Waals surface area (Å²) < 4.78 is 0. The van der Waals surface area contributed by atoms with Crippen LogP contribution in [0.4, 0.5) is 17.5 Å². The molecule has 0 unspecified atom stereocenters. The van der Waals surface area contributed by atoms with Gasteiger partial charge in [0, 0.05) is 19.3 Å². The highest BCUT2D eigenvalue weighted by Crippen LogP contribution is 2.18. The zero-order chi connectivity index (χ0) is 15.1. The van der Waals surface area contributed by atoms with Crippen molar-refractivity contribution in [1.82, 2.24) is 14.9 Å². The number of rotatable bonds is 6. The maximum atomic E-state index is 9.08. The smallest absolute Gasteiger partial charge is 0.224 e. The first-order chi connectivity index (χ1) is 10.2. The normalized spacial score (nSPS) is 10.2. The Balaban J connectivity index is 2.06. The maximum absolute atomic E-state index is 9.08. The molecule has 21 heavy (non-hydrogen) atoms. The molecule has 0 radical (unpaired) electrons. The van der Waals surface area contributed by atoms with E-state index in [1.807, 2.05) is 32.3 Å². The Morgan fingerprint density at radius 3 is 2.81 bits per heavy atom. The van der Waals surface area contributed by atoms with Gasteiger partial charge in [0.05, 0.1) is 11.3 Å². The van der Waals surface area contributed by atoms with E-state index in [4.69, 9.17) is 5.26 Å². The molecule has 1 aromatic carbocycles. The molecule has 2 rings (SSSR count). The van der Waals surface area contributed by atoms with Crippen molar-refractivity contribution in [2.45, 2.75) is 0 Å². The molecule has 6 heteroatoms. The standard InChI is InChI=1S/C15H18N6/c1-21(2)10-9-18-15-17-8-7-14(20-15)19-13-6-4-3-5-12(13)11-16/h3-8H,9-10H2,1-2H3,(H2,17,18,19,20). The molecule has 0 atom stereocenters. The lowest BCUT2D eigenvalue weighted by molar-refractivity contribution is 0.425. The van der Waals surface area contributed by atoms with Gasteiger partial charge >= 0.3 is 0 Å². The molecule has 0 bridgehead atoms. The van der Waals surface area contributed by atoms with Crippen LogP contribution in [-0.2, 0) is 0 Å². The minimum absolute atomic E-state index is 0.566. The van der Waals surface area contributed by atoms with Crippen LogP contribution in [0.25, 0.3) is 0 Å². The highest BCUT2D eigenvalue weighted by molar-refractivity contribution is 5.64. The van der Waals surface area contributed by atoms with Gasteiger partial charge in [0.15, 0.2) is 0 Å². The summed E-state index contributed by atoms with van der Waals surface area (Å²) in [4.78, 5) is 10.6. The van der Waals surface area contributed by atoms with E-state index < -0.39 is 0 Å². The largest absolute Gasteiger partial charge is 0.353 e. The fraction of sp³-hybridized carbons (Fsp3) is 0.267. The minimum Gasteiger partial charge on any atom is -0.353 e. The van der Waals surface area contributed by atoms with Crippen molar-refractivity contribution in [3.63, 3.8) is 0 Å². The number of nitrogens with zero attached hydrogens (tertiary/aromatic N) is 4. The molecule has 0 amide bonds. The molecule has 0 aliphatic carbocycles. The first-order valence-electron chi connectivity index (χ1n) is 6.67. The van der Waals surface area contributed by atoms with E-state index >= 15 is 0 Å². The van der Waals surface area contributed by atoms with Gasteiger partial charge in [0.25, 0.3) is 0 Å². The van der Waals surface area contributed by atoms with Crippen molar-refractivity contribution in [3.05, 3.63) is 42.1 Å². The Bertz CT molecular complexity index is 632. The second kappa shape index (κ2) is 7.22. The summed E-state index contributed by atoms with van der Waals surface area (Å²) in [6.07, 6.45) is 1.68. The average molecular weight is 282 g/mol. The van der Waals surface area contributed by atoms with Crippen LogP contribution in [0.1, 0.15) is 5.56 Å². The van der Waals surface area contributed by atoms with Gasteiger partial charge < -0.3 is 15.5 Å². The van der Waals surface area contributed by atoms with E-state index in [9.17, 15) is 0 Å². The van der Waals surface area contributed by atoms with Crippen LogP contribution < -0.4 is 10.6 Å². The van der Waals surface area contributed by atoms with Gasteiger partial charge in [-0.3, -0.25) is 0 Å². The minimum atomic E-state index is 0.566. The highest BCUT2D eigenvalue weighted by atomic mass is 15.2. The predicted octanol–water partition coefficient (Wildman–Crippen LogP) is 2.07. The number of anilines is 3. The average Bonchev–Trinajstić information content (AvgIpc) is 2.48. The van der Waals surface area contributed by atoms with E-state index in [0.717, 1.165) is 18.8 Å². The maximum Gasteiger partial charge on any atom is 0.224 e. The number of para-hydroxylation sites is 1. The number of hydrogen-bond donors (Lipinski definition) is 2. The van der Waals surface area contributed by atoms with Crippen LogP contribution in [0.15, 0.2) is 36.5 Å². The molecule has 0 saturated heterocycles. The van der Waals surface area contributed by atoms with Crippen LogP contribution in [0.2, 0.25) is 0 Å². The number of hydrogen-bond acceptors (Lipinski definition) is 6. The van der Waals surface area contributed by atoms with E-state index in [1.54, 1.807) is 18.3 Å². The van der Waals surface area contributed by atoms with Crippen molar-refractivity contribution in [2.24, 2.45) is 0 Å². The second-order valence-electron chi connectivity index (χ2n) is 4.78. The molecule has 1 aromatic heterocycles. The number of aromatic nitrogens is 2. The second-order valence-corrected chi connectivity index (χ2v) is 4.78. The summed E-state index contributed by atoms with van der Waals surface area (Å²) in [6, 6.07) is 11.2. The lowest BCUT2D eigenvalue weighted by Crippen LogP contribution is -2.21. The fourth-order valence-electron chi connectivity index (χ4n) is 1.73. The zero-order valence-corrected chi connectivity index (χ0v) is 12.2. The van der Waals surface area contributed by atoms with Gasteiger partial charge in [-0.15, -0.1) is 0 Å². The lowest BCUT2D eigenvalue weighted by Gasteiger charge is -2.11. The monoisotopic (exact) mass is 282 g/mol. The molecule has 2 aromatic rings. The first kappa shape index (κ1) is 14.8. The molecule has 0 aliphatic heterocycles. The van der Waals surface area contributed by atoms with Crippen molar-refractivity contribution >= 4 is 17.5 Å². The van der Waals surface area contributed by atoms with E-state index in [-0.39, 0.29) is 0 Å². The summed E-state index contributed by atoms with van der Waals surface area (Å²) in [5.74, 6) is 1.22. The Morgan fingerprint density at radius 2 is 2.05 bits per heavy atom. The topological polar surface area (TPSA) is 76.9 Å². The molecule has 108 valence electrons. The van der Waals surface area contributed by atoms with Crippen LogP contribution in [-0.4, -0.2) is 42.1 Å². The molecule has 6 nitrogen and oxygen atoms in total. The number of benzene rings is 1. The van der Waals surface area contributed by atoms with Crippen LogP contribution in [0.5, 0.6) is 0 Å². The lowest BCUT2D eigenvalue weighted by atomic mass is 10.2. The summed E-state index contributed by atoms with van der Waals surface area (Å²) in [5.41, 5.74) is 1.32. The zero-order valence-electron chi connectivity index (χ0n) is 12.2. The predicted molar refractivity (Wildman–Crippen MR) is 83.5 cm³/mol. The van der Waals surface area contributed by atoms with Crippen LogP contribution in [0, 0.1) is 11.3 Å². The number of nitriles is 1. The molecule has 0 saturated carbocycles. The van der Waals surface area contributed by atoms with Gasteiger partial charge in [-0.05, 0) is 32.3 Å². The molecular formula is C15H18N6. The van der Waals surface area contributed by atoms with Crippen molar-refractivity contribution in [1.29, 1.82) is 5.26 Å². The van der Waals surface area contributed by atoms with Gasteiger partial charge in [0.2, 0.25) is 5.95 Å². The first-order valence-corrected chi connectivity index (χ1v) is 6.67. The van der Waals surface area contributed by atoms with Gasteiger partial charge in [-0.25, -0.2) is 4.98 Å². The Morgan fingerprint density at radius 1 is 1.24 bits per heavy atom. The van der Waals surface area contributed by atoms with Crippen LogP contribution >= 0.6 is 0 Å². The van der Waals surface area contributed by atoms with E-state index in [0.29, 0.717) is 17.3 Å². The van der Waals surface area contributed by atoms with Crippen molar-refractivity contribution in [3.8, 4) is 6.07 Å². The Hall–Kier alpha value is -2.65. The number of likely N-dealkylation sites (N-methyl/N-ethyl adjacent to an activating group) is 1. The quantitative estimate of drug-likeness (QED) is 0.844. The molecule has 0 fully saturated rings. The third-order valence-electron chi connectivity index (χ3n) is 2.81. The summed E-state index contributed by atoms with van der Waals surface area (Å²) in [5, 5.41) is 15.4. The molecule has 0 aliphatic rings. The van der Waals surface area contributed by atoms with Crippen molar-refractivity contribution < 1.29 is 0 Å². The number of nitrogens with one attached hydrogen (secondary N) is 2. The van der Waals surface area contributed by atoms with Crippen molar-refractivity contribution in [2.75, 3.05) is 37.8 Å². The fourth-order valence-corrected chi connectivity index (χ4v) is 1.73. The Kier molecular flexibility index (Phi) is 5.07. The SMILES string of the molecule is CN(C)CCNc1nccc(Nc2ccccc2C#N)n1. The third-order valence-corrected chi connectivity index (χ3v) is 2.81. The van der Waals surface area contributed by atoms with E-state index in [2.05, 4.69) is 31.6 Å². The van der Waals surface area contributed by atoms with Gasteiger partial charge in [-0.2, -0.15) is 10.2 Å². The van der Waals surface area contributed by atoms with Gasteiger partial charge in [0.1, 0.15) is 11.9 Å². The highest BCUT2D eigenvalue weighted by Gasteiger charge is 2.03. The molecule has 2 N–H and O–H groups in total. The van der Waals surface area contributed by atoms with Crippen LogP contribution in [0.3, 0.4) is 0 Å².